The number of benzene rings is 1. The number of hydrogen-bond donors (Lipinski definition) is 1. The Morgan fingerprint density at radius 2 is 1.86 bits per heavy atom. The van der Waals surface area contributed by atoms with Crippen molar-refractivity contribution in [3.8, 4) is 6.07 Å². The average Bonchev–Trinajstić information content (AvgIpc) is 2.50. The van der Waals surface area contributed by atoms with Gasteiger partial charge in [0.05, 0.1) is 6.07 Å². The second-order valence-electron chi connectivity index (χ2n) is 5.87. The van der Waals surface area contributed by atoms with Crippen LogP contribution >= 0.6 is 0 Å². The summed E-state index contributed by atoms with van der Waals surface area (Å²) in [6.45, 7) is 11.6. The van der Waals surface area contributed by atoms with Crippen LogP contribution < -0.4 is 5.32 Å². The van der Waals surface area contributed by atoms with Gasteiger partial charge in [0.1, 0.15) is 5.54 Å². The zero-order chi connectivity index (χ0) is 15.7. The second-order valence-corrected chi connectivity index (χ2v) is 5.87. The van der Waals surface area contributed by atoms with Crippen molar-refractivity contribution in [2.45, 2.75) is 52.1 Å². The lowest BCUT2D eigenvalue weighted by Gasteiger charge is -2.33. The summed E-state index contributed by atoms with van der Waals surface area (Å²) in [7, 11) is 0. The molecule has 3 heteroatoms. The lowest BCUT2D eigenvalue weighted by atomic mass is 9.87. The maximum atomic E-state index is 9.86. The third kappa shape index (κ3) is 5.15. The van der Waals surface area contributed by atoms with Crippen LogP contribution in [0.1, 0.15) is 46.1 Å². The van der Waals surface area contributed by atoms with Gasteiger partial charge in [-0.1, -0.05) is 44.2 Å². The molecule has 0 bridgehead atoms. The van der Waals surface area contributed by atoms with Crippen LogP contribution in [0.25, 0.3) is 0 Å². The Labute approximate surface area is 130 Å². The highest BCUT2D eigenvalue weighted by Crippen LogP contribution is 2.25. The molecule has 116 valence electrons. The van der Waals surface area contributed by atoms with E-state index in [2.05, 4.69) is 56.1 Å². The van der Waals surface area contributed by atoms with Crippen LogP contribution in [0.5, 0.6) is 0 Å². The van der Waals surface area contributed by atoms with E-state index in [-0.39, 0.29) is 6.04 Å². The van der Waals surface area contributed by atoms with E-state index in [0.717, 1.165) is 38.0 Å². The monoisotopic (exact) mass is 287 g/mol. The van der Waals surface area contributed by atoms with Crippen LogP contribution in [0.3, 0.4) is 0 Å². The minimum Gasteiger partial charge on any atom is -0.304 e. The van der Waals surface area contributed by atoms with Crippen LogP contribution in [0.4, 0.5) is 0 Å². The van der Waals surface area contributed by atoms with Crippen molar-refractivity contribution in [1.82, 2.24) is 10.2 Å². The summed E-state index contributed by atoms with van der Waals surface area (Å²) in [6, 6.07) is 12.9. The van der Waals surface area contributed by atoms with Gasteiger partial charge in [-0.2, -0.15) is 5.26 Å². The van der Waals surface area contributed by atoms with Crippen LogP contribution in [-0.4, -0.2) is 30.6 Å². The smallest absolute Gasteiger partial charge is 0.133 e. The highest BCUT2D eigenvalue weighted by molar-refractivity contribution is 5.31. The van der Waals surface area contributed by atoms with Gasteiger partial charge >= 0.3 is 0 Å². The van der Waals surface area contributed by atoms with Gasteiger partial charge in [-0.3, -0.25) is 5.32 Å². The molecule has 21 heavy (non-hydrogen) atoms. The van der Waals surface area contributed by atoms with E-state index in [1.165, 1.54) is 0 Å². The molecule has 1 unspecified atom stereocenters. The highest BCUT2D eigenvalue weighted by Gasteiger charge is 2.32. The average molecular weight is 287 g/mol. The lowest BCUT2D eigenvalue weighted by Crippen LogP contribution is -2.47. The van der Waals surface area contributed by atoms with Gasteiger partial charge in [0.15, 0.2) is 0 Å². The summed E-state index contributed by atoms with van der Waals surface area (Å²) in [5.41, 5.74) is 0.463. The fourth-order valence-electron chi connectivity index (χ4n) is 2.74. The Balaban J connectivity index is 2.94. The molecule has 0 amide bonds. The Morgan fingerprint density at radius 3 is 2.33 bits per heavy atom. The van der Waals surface area contributed by atoms with E-state index in [1.807, 2.05) is 18.2 Å². The Bertz CT molecular complexity index is 436. The van der Waals surface area contributed by atoms with E-state index < -0.39 is 5.54 Å². The first kappa shape index (κ1) is 17.7. The molecule has 0 saturated heterocycles. The molecule has 3 nitrogen and oxygen atoms in total. The predicted octanol–water partition coefficient (Wildman–Crippen LogP) is 3.53. The first-order valence-electron chi connectivity index (χ1n) is 8.04. The number of rotatable bonds is 9. The third-order valence-corrected chi connectivity index (χ3v) is 3.78. The summed E-state index contributed by atoms with van der Waals surface area (Å²) in [6.07, 6.45) is 1.95. The van der Waals surface area contributed by atoms with Crippen LogP contribution in [0, 0.1) is 11.3 Å². The molecule has 1 atom stereocenters. The van der Waals surface area contributed by atoms with Crippen molar-refractivity contribution in [2.75, 3.05) is 19.6 Å². The molecule has 0 heterocycles. The lowest BCUT2D eigenvalue weighted by molar-refractivity contribution is 0.244. The maximum Gasteiger partial charge on any atom is 0.133 e. The molecule has 1 aromatic carbocycles. The molecular formula is C18H29N3. The summed E-state index contributed by atoms with van der Waals surface area (Å²) in [5, 5.41) is 13.4. The van der Waals surface area contributed by atoms with Gasteiger partial charge in [-0.05, 0) is 45.3 Å². The number of hydrogen-bond acceptors (Lipinski definition) is 3. The van der Waals surface area contributed by atoms with E-state index >= 15 is 0 Å². The van der Waals surface area contributed by atoms with Crippen molar-refractivity contribution >= 4 is 0 Å². The van der Waals surface area contributed by atoms with Gasteiger partial charge < -0.3 is 4.90 Å². The van der Waals surface area contributed by atoms with Crippen molar-refractivity contribution in [1.29, 1.82) is 5.26 Å². The molecule has 0 aliphatic rings. The molecule has 0 spiro atoms. The first-order chi connectivity index (χ1) is 10.1. The van der Waals surface area contributed by atoms with Gasteiger partial charge in [-0.15, -0.1) is 0 Å². The molecule has 0 saturated carbocycles. The summed E-state index contributed by atoms with van der Waals surface area (Å²) < 4.78 is 0. The summed E-state index contributed by atoms with van der Waals surface area (Å²) in [4.78, 5) is 2.41. The van der Waals surface area contributed by atoms with E-state index in [1.54, 1.807) is 0 Å². The molecule has 1 aromatic rings. The van der Waals surface area contributed by atoms with Crippen molar-refractivity contribution in [3.63, 3.8) is 0 Å². The van der Waals surface area contributed by atoms with Gasteiger partial charge in [0.2, 0.25) is 0 Å². The first-order valence-corrected chi connectivity index (χ1v) is 8.04. The van der Waals surface area contributed by atoms with Gasteiger partial charge in [0, 0.05) is 12.6 Å². The fourth-order valence-corrected chi connectivity index (χ4v) is 2.74. The quantitative estimate of drug-likeness (QED) is 0.755. The maximum absolute atomic E-state index is 9.86. The molecule has 1 N–H and O–H groups in total. The normalized spacial score (nSPS) is 14.1. The predicted molar refractivity (Wildman–Crippen MR) is 89.0 cm³/mol. The van der Waals surface area contributed by atoms with Crippen molar-refractivity contribution < 1.29 is 0 Å². The van der Waals surface area contributed by atoms with Gasteiger partial charge in [0.25, 0.3) is 0 Å². The minimum absolute atomic E-state index is 0.270. The summed E-state index contributed by atoms with van der Waals surface area (Å²) >= 11 is 0. The third-order valence-electron chi connectivity index (χ3n) is 3.78. The van der Waals surface area contributed by atoms with Crippen LogP contribution in [0.2, 0.25) is 0 Å². The molecule has 0 aliphatic heterocycles. The number of nitrogens with one attached hydrogen (secondary N) is 1. The van der Waals surface area contributed by atoms with Crippen LogP contribution in [0.15, 0.2) is 30.3 Å². The van der Waals surface area contributed by atoms with Crippen LogP contribution in [-0.2, 0) is 5.54 Å². The van der Waals surface area contributed by atoms with Crippen molar-refractivity contribution in [3.05, 3.63) is 35.9 Å². The zero-order valence-corrected chi connectivity index (χ0v) is 13.9. The topological polar surface area (TPSA) is 39.1 Å². The zero-order valence-electron chi connectivity index (χ0n) is 13.9. The molecule has 0 aliphatic carbocycles. The standard InChI is InChI=1S/C18H29N3/c1-5-13-21(6-2)14-12-18(15-19,20-16(3)4)17-10-8-7-9-11-17/h7-11,16,20H,5-6,12-14H2,1-4H3. The molecular weight excluding hydrogens is 258 g/mol. The Kier molecular flexibility index (Phi) is 7.42. The second kappa shape index (κ2) is 8.81. The number of nitrogens with zero attached hydrogens (tertiary/aromatic N) is 2. The number of nitriles is 1. The Hall–Kier alpha value is -1.37. The highest BCUT2D eigenvalue weighted by atomic mass is 15.1. The molecule has 0 aromatic heterocycles. The Morgan fingerprint density at radius 1 is 1.19 bits per heavy atom. The van der Waals surface area contributed by atoms with E-state index in [9.17, 15) is 5.26 Å². The minimum atomic E-state index is -0.601. The van der Waals surface area contributed by atoms with Crippen molar-refractivity contribution in [2.24, 2.45) is 0 Å². The largest absolute Gasteiger partial charge is 0.304 e. The summed E-state index contributed by atoms with van der Waals surface area (Å²) in [5.74, 6) is 0. The van der Waals surface area contributed by atoms with Gasteiger partial charge in [-0.25, -0.2) is 0 Å². The SMILES string of the molecule is CCCN(CC)CCC(C#N)(NC(C)C)c1ccccc1. The fraction of sp³-hybridized carbons (Fsp3) is 0.611. The molecule has 1 rings (SSSR count). The van der Waals surface area contributed by atoms with E-state index in [0.29, 0.717) is 0 Å². The molecule has 0 fully saturated rings. The molecule has 0 radical (unpaired) electrons. The van der Waals surface area contributed by atoms with E-state index in [4.69, 9.17) is 0 Å².